The van der Waals surface area contributed by atoms with E-state index in [9.17, 15) is 42.1 Å². The van der Waals surface area contributed by atoms with Crippen molar-refractivity contribution < 1.29 is 90.5 Å². The minimum absolute atomic E-state index is 0. The van der Waals surface area contributed by atoms with Gasteiger partial charge in [-0.05, 0) is 0 Å². The van der Waals surface area contributed by atoms with Crippen LogP contribution in [0.15, 0.2) is 0 Å². The van der Waals surface area contributed by atoms with Crippen molar-refractivity contribution in [1.82, 2.24) is 0 Å². The first-order chi connectivity index (χ1) is 14.0. The Balaban J connectivity index is -0.000000683. The molecule has 21 nitrogen and oxygen atoms in total. The molecule has 1 aliphatic heterocycles. The molecule has 5 radical (unpaired) electrons. The summed E-state index contributed by atoms with van der Waals surface area (Å²) in [6.45, 7) is -1.62. The summed E-state index contributed by atoms with van der Waals surface area (Å²) >= 11 is 0. The summed E-state index contributed by atoms with van der Waals surface area (Å²) < 4.78 is 178. The van der Waals surface area contributed by atoms with Gasteiger partial charge in [-0.3, -0.25) is 22.8 Å². The zero-order chi connectivity index (χ0) is 25.3. The Labute approximate surface area is 424 Å². The number of ether oxygens (including phenoxy) is 1. The van der Waals surface area contributed by atoms with Crippen molar-refractivity contribution in [3.8, 4) is 0 Å². The van der Waals surface area contributed by atoms with Gasteiger partial charge in [-0.2, -0.15) is 42.1 Å². The molecule has 0 amide bonds. The maximum Gasteiger partial charge on any atom is 0.399 e. The maximum absolute atomic E-state index is 11.1. The average molecular weight is 776 g/mol. The Morgan fingerprint density at radius 2 is 0.811 bits per heavy atom. The molecule has 0 aromatic carbocycles. The van der Waals surface area contributed by atoms with Gasteiger partial charge >= 0.3 is 52.0 Å². The maximum atomic E-state index is 11.1. The van der Waals surface area contributed by atoms with Crippen LogP contribution >= 0.6 is 0 Å². The molecule has 37 heavy (non-hydrogen) atoms. The predicted molar refractivity (Wildman–Crippen MR) is 117 cm³/mol. The van der Waals surface area contributed by atoms with E-state index in [1.165, 1.54) is 0 Å². The average Bonchev–Trinajstić information content (AvgIpc) is 2.45. The molecule has 1 saturated heterocycles. The van der Waals surface area contributed by atoms with E-state index in [0.29, 0.717) is 0 Å². The SMILES string of the molecule is O=S(=O)(O)OC[C@H]1OC(OS(=O)(=O)O)[C@@H](OS(=O)(=O)O)[C@@H](OS(=O)(=O)O)[C@@H]1OS(=O)(=O)O.[K].[K].[K].[K].[K]. The molecular formula is C6H12K5O21S5. The van der Waals surface area contributed by atoms with Gasteiger partial charge in [0.05, 0.1) is 6.61 Å². The zero-order valence-corrected chi connectivity index (χ0v) is 39.1. The molecule has 5 N–H and O–H groups in total. The van der Waals surface area contributed by atoms with Gasteiger partial charge in [-0.1, -0.05) is 0 Å². The Bertz CT molecular complexity index is 1210. The van der Waals surface area contributed by atoms with Crippen molar-refractivity contribution in [3.63, 3.8) is 0 Å². The van der Waals surface area contributed by atoms with Crippen LogP contribution in [0.4, 0.5) is 0 Å². The third-order valence-electron chi connectivity index (χ3n) is 2.89. The molecular weight excluding hydrogens is 764 g/mol. The molecule has 0 aromatic rings. The number of hydrogen-bond acceptors (Lipinski definition) is 16. The molecule has 0 aromatic heterocycles. The fraction of sp³-hybridized carbons (Fsp3) is 1.00. The quantitative estimate of drug-likeness (QED) is 0.0963. The molecule has 0 aliphatic carbocycles. The van der Waals surface area contributed by atoms with Gasteiger partial charge in [0.25, 0.3) is 0 Å². The van der Waals surface area contributed by atoms with E-state index in [2.05, 4.69) is 25.7 Å². The van der Waals surface area contributed by atoms with E-state index in [-0.39, 0.29) is 257 Å². The first-order valence-electron chi connectivity index (χ1n) is 6.86. The molecule has 31 heteroatoms. The molecule has 1 heterocycles. The summed E-state index contributed by atoms with van der Waals surface area (Å²) in [7, 11) is -28.3. The first-order valence-corrected chi connectivity index (χ1v) is 13.7. The fourth-order valence-electron chi connectivity index (χ4n) is 2.11. The van der Waals surface area contributed by atoms with E-state index in [1.54, 1.807) is 0 Å². The van der Waals surface area contributed by atoms with Gasteiger partial charge < -0.3 is 4.74 Å². The first kappa shape index (κ1) is 54.0. The minimum Gasteiger partial charge on any atom is -0.340 e. The van der Waals surface area contributed by atoms with Gasteiger partial charge in [-0.25, -0.2) is 20.9 Å². The van der Waals surface area contributed by atoms with Crippen LogP contribution in [-0.2, 0) is 77.6 Å². The van der Waals surface area contributed by atoms with E-state index in [0.717, 1.165) is 0 Å². The van der Waals surface area contributed by atoms with Gasteiger partial charge in [-0.15, -0.1) is 0 Å². The molecule has 1 aliphatic rings. The smallest absolute Gasteiger partial charge is 0.340 e. The van der Waals surface area contributed by atoms with Crippen LogP contribution < -0.4 is 0 Å². The zero-order valence-electron chi connectivity index (χ0n) is 19.4. The van der Waals surface area contributed by atoms with Crippen molar-refractivity contribution in [2.75, 3.05) is 6.61 Å². The Hall–Kier alpha value is 7.49. The predicted octanol–water partition coefficient (Wildman–Crippen LogP) is -5.99. The summed E-state index contributed by atoms with van der Waals surface area (Å²) in [6, 6.07) is 0. The summed E-state index contributed by atoms with van der Waals surface area (Å²) in [5, 5.41) is 0. The van der Waals surface area contributed by atoms with Gasteiger partial charge in [0.2, 0.25) is 6.29 Å². The van der Waals surface area contributed by atoms with E-state index >= 15 is 0 Å². The molecule has 0 bridgehead atoms. The van der Waals surface area contributed by atoms with E-state index < -0.39 is 89.3 Å². The third-order valence-corrected chi connectivity index (χ3v) is 5.15. The fourth-order valence-corrected chi connectivity index (χ4v) is 4.31. The molecule has 0 saturated carbocycles. The number of rotatable bonds is 11. The second-order valence-electron chi connectivity index (χ2n) is 5.24. The summed E-state index contributed by atoms with van der Waals surface area (Å²) in [4.78, 5) is 0. The molecule has 0 spiro atoms. The summed E-state index contributed by atoms with van der Waals surface area (Å²) in [5.41, 5.74) is 0. The topological polar surface area (TPSA) is 327 Å². The minimum atomic E-state index is -5.78. The van der Waals surface area contributed by atoms with Crippen LogP contribution in [0.5, 0.6) is 0 Å². The van der Waals surface area contributed by atoms with Crippen LogP contribution in [0.2, 0.25) is 0 Å². The molecule has 197 valence electrons. The van der Waals surface area contributed by atoms with Crippen LogP contribution in [0.25, 0.3) is 0 Å². The standard InChI is InChI=1S/C6H12O21S5.5K/c7-28(8,9)22-1-2-3(24-29(10,11)12)4(25-30(13,14)15)5(26-31(16,17)18)6(23-2)27-32(19,20)21;;;;;/h2-6H,1H2,(H,7,8,9)(H,10,11,12)(H,13,14,15)(H,16,17,18)(H,19,20,21);;;;;/t2-,3-,4+,5+,6?;;;;;/m1...../s1. The Morgan fingerprint density at radius 3 is 1.14 bits per heavy atom. The Morgan fingerprint density at radius 1 is 0.486 bits per heavy atom. The summed E-state index contributed by atoms with van der Waals surface area (Å²) in [6.07, 6.45) is -14.2. The van der Waals surface area contributed by atoms with Gasteiger partial charge in [0.15, 0.2) is 6.10 Å². The van der Waals surface area contributed by atoms with E-state index in [4.69, 9.17) is 22.8 Å². The van der Waals surface area contributed by atoms with Crippen LogP contribution in [-0.4, -0.2) is 359 Å². The largest absolute Gasteiger partial charge is 0.399 e. The van der Waals surface area contributed by atoms with Crippen molar-refractivity contribution in [2.24, 2.45) is 0 Å². The number of hydrogen-bond donors (Lipinski definition) is 5. The second kappa shape index (κ2) is 22.2. The third kappa shape index (κ3) is 26.2. The van der Waals surface area contributed by atoms with Crippen molar-refractivity contribution in [3.05, 3.63) is 0 Å². The molecule has 1 unspecified atom stereocenters. The van der Waals surface area contributed by atoms with Crippen LogP contribution in [0, 0.1) is 0 Å². The van der Waals surface area contributed by atoms with Gasteiger partial charge in [0.1, 0.15) is 18.3 Å². The summed E-state index contributed by atoms with van der Waals surface area (Å²) in [5.74, 6) is 0. The van der Waals surface area contributed by atoms with Crippen molar-refractivity contribution >= 4 is 309 Å². The van der Waals surface area contributed by atoms with Gasteiger partial charge in [0, 0.05) is 257 Å². The molecule has 1 rings (SSSR count). The molecule has 1 fully saturated rings. The van der Waals surface area contributed by atoms with Crippen molar-refractivity contribution in [2.45, 2.75) is 30.7 Å². The van der Waals surface area contributed by atoms with Crippen molar-refractivity contribution in [1.29, 1.82) is 0 Å². The Kier molecular flexibility index (Phi) is 32.4. The normalized spacial score (nSPS) is 24.6. The second-order valence-corrected chi connectivity index (χ2v) is 10.5. The monoisotopic (exact) mass is 775 g/mol. The van der Waals surface area contributed by atoms with E-state index in [1.807, 2.05) is 0 Å². The van der Waals surface area contributed by atoms with Crippen LogP contribution in [0.1, 0.15) is 0 Å². The van der Waals surface area contributed by atoms with Crippen LogP contribution in [0.3, 0.4) is 0 Å². The molecule has 5 atom stereocenters.